The summed E-state index contributed by atoms with van der Waals surface area (Å²) in [6, 6.07) is 5.52. The highest BCUT2D eigenvalue weighted by atomic mass is 19.1. The molecular formula is C14H12F2N2O3. The predicted octanol–water partition coefficient (Wildman–Crippen LogP) is 3.31. The predicted molar refractivity (Wildman–Crippen MR) is 71.0 cm³/mol. The molecule has 1 N–H and O–H groups in total. The zero-order valence-corrected chi connectivity index (χ0v) is 11.2. The second-order valence-electron chi connectivity index (χ2n) is 4.25. The molecule has 3 rings (SSSR count). The van der Waals surface area contributed by atoms with Gasteiger partial charge in [0.2, 0.25) is 6.79 Å². The van der Waals surface area contributed by atoms with Crippen molar-refractivity contribution >= 4 is 5.82 Å². The SMILES string of the molecule is CCNc1nc(Oc2ccc3c(c2)OCO3)c(F)cc1F. The number of halogens is 2. The van der Waals surface area contributed by atoms with Crippen molar-refractivity contribution in [2.45, 2.75) is 6.92 Å². The molecule has 110 valence electrons. The molecule has 2 heterocycles. The van der Waals surface area contributed by atoms with Crippen molar-refractivity contribution in [1.82, 2.24) is 4.98 Å². The summed E-state index contributed by atoms with van der Waals surface area (Å²) in [6.07, 6.45) is 0. The first-order chi connectivity index (χ1) is 10.2. The Morgan fingerprint density at radius 3 is 2.81 bits per heavy atom. The Hall–Kier alpha value is -2.57. The van der Waals surface area contributed by atoms with E-state index in [1.165, 1.54) is 0 Å². The molecule has 0 radical (unpaired) electrons. The minimum absolute atomic E-state index is 0.0605. The molecule has 1 aliphatic heterocycles. The summed E-state index contributed by atoms with van der Waals surface area (Å²) in [5, 5.41) is 2.69. The minimum Gasteiger partial charge on any atom is -0.454 e. The fraction of sp³-hybridized carbons (Fsp3) is 0.214. The van der Waals surface area contributed by atoms with Gasteiger partial charge in [-0.1, -0.05) is 0 Å². The van der Waals surface area contributed by atoms with Gasteiger partial charge in [-0.05, 0) is 19.1 Å². The van der Waals surface area contributed by atoms with Crippen molar-refractivity contribution in [3.05, 3.63) is 35.9 Å². The number of ether oxygens (including phenoxy) is 3. The molecule has 0 atom stereocenters. The van der Waals surface area contributed by atoms with Crippen LogP contribution >= 0.6 is 0 Å². The van der Waals surface area contributed by atoms with Crippen molar-refractivity contribution in [2.24, 2.45) is 0 Å². The second kappa shape index (κ2) is 5.43. The third-order valence-electron chi connectivity index (χ3n) is 2.80. The van der Waals surface area contributed by atoms with E-state index < -0.39 is 11.6 Å². The van der Waals surface area contributed by atoms with Gasteiger partial charge in [0.05, 0.1) is 0 Å². The molecule has 21 heavy (non-hydrogen) atoms. The molecule has 7 heteroatoms. The van der Waals surface area contributed by atoms with Crippen LogP contribution in [0.2, 0.25) is 0 Å². The van der Waals surface area contributed by atoms with E-state index in [0.29, 0.717) is 23.8 Å². The standard InChI is InChI=1S/C14H12F2N2O3/c1-2-17-13-9(15)6-10(16)14(18-13)21-8-3-4-11-12(5-8)20-7-19-11/h3-6H,2,7H2,1H3,(H,17,18). The van der Waals surface area contributed by atoms with Gasteiger partial charge in [-0.2, -0.15) is 4.98 Å². The highest BCUT2D eigenvalue weighted by Gasteiger charge is 2.17. The lowest BCUT2D eigenvalue weighted by Crippen LogP contribution is -2.04. The molecule has 1 aliphatic rings. The summed E-state index contributed by atoms with van der Waals surface area (Å²) in [5.74, 6) is -0.620. The van der Waals surface area contributed by atoms with Gasteiger partial charge in [0, 0.05) is 18.7 Å². The molecule has 1 aromatic carbocycles. The van der Waals surface area contributed by atoms with Gasteiger partial charge in [-0.15, -0.1) is 0 Å². The monoisotopic (exact) mass is 294 g/mol. The van der Waals surface area contributed by atoms with Crippen LogP contribution in [0.1, 0.15) is 6.92 Å². The minimum atomic E-state index is -0.883. The number of anilines is 1. The molecule has 1 aromatic heterocycles. The first kappa shape index (κ1) is 13.4. The topological polar surface area (TPSA) is 52.6 Å². The van der Waals surface area contributed by atoms with Crippen LogP contribution < -0.4 is 19.5 Å². The second-order valence-corrected chi connectivity index (χ2v) is 4.25. The van der Waals surface area contributed by atoms with Gasteiger partial charge in [0.15, 0.2) is 29.0 Å². The summed E-state index contributed by atoms with van der Waals surface area (Å²) < 4.78 is 42.9. The van der Waals surface area contributed by atoms with Crippen LogP contribution in [0.5, 0.6) is 23.1 Å². The van der Waals surface area contributed by atoms with Crippen LogP contribution in [0.3, 0.4) is 0 Å². The van der Waals surface area contributed by atoms with E-state index in [1.54, 1.807) is 25.1 Å². The van der Waals surface area contributed by atoms with Crippen molar-refractivity contribution in [3.8, 4) is 23.1 Å². The summed E-state index contributed by atoms with van der Waals surface area (Å²) in [6.45, 7) is 2.37. The molecule has 0 bridgehead atoms. The average molecular weight is 294 g/mol. The maximum Gasteiger partial charge on any atom is 0.258 e. The van der Waals surface area contributed by atoms with Crippen molar-refractivity contribution in [1.29, 1.82) is 0 Å². The largest absolute Gasteiger partial charge is 0.454 e. The van der Waals surface area contributed by atoms with E-state index in [4.69, 9.17) is 14.2 Å². The lowest BCUT2D eigenvalue weighted by atomic mass is 10.3. The van der Waals surface area contributed by atoms with Crippen LogP contribution in [-0.2, 0) is 0 Å². The normalized spacial score (nSPS) is 12.3. The quantitative estimate of drug-likeness (QED) is 0.937. The first-order valence-corrected chi connectivity index (χ1v) is 6.35. The Labute approximate surface area is 119 Å². The summed E-state index contributed by atoms with van der Waals surface area (Å²) in [7, 11) is 0. The highest BCUT2D eigenvalue weighted by Crippen LogP contribution is 2.36. The molecule has 5 nitrogen and oxygen atoms in total. The van der Waals surface area contributed by atoms with E-state index in [9.17, 15) is 8.78 Å². The van der Waals surface area contributed by atoms with Crippen molar-refractivity contribution in [3.63, 3.8) is 0 Å². The number of pyridine rings is 1. The summed E-state index contributed by atoms with van der Waals surface area (Å²) in [4.78, 5) is 3.79. The van der Waals surface area contributed by atoms with E-state index >= 15 is 0 Å². The zero-order valence-electron chi connectivity index (χ0n) is 11.2. The smallest absolute Gasteiger partial charge is 0.258 e. The maximum absolute atomic E-state index is 13.7. The number of hydrogen-bond donors (Lipinski definition) is 1. The maximum atomic E-state index is 13.7. The Balaban J connectivity index is 1.88. The number of fused-ring (bicyclic) bond motifs is 1. The van der Waals surface area contributed by atoms with Gasteiger partial charge < -0.3 is 19.5 Å². The van der Waals surface area contributed by atoms with Crippen LogP contribution in [0.4, 0.5) is 14.6 Å². The lowest BCUT2D eigenvalue weighted by molar-refractivity contribution is 0.174. The molecule has 0 amide bonds. The summed E-state index contributed by atoms with van der Waals surface area (Å²) >= 11 is 0. The molecule has 0 saturated carbocycles. The number of hydrogen-bond acceptors (Lipinski definition) is 5. The summed E-state index contributed by atoms with van der Waals surface area (Å²) in [5.41, 5.74) is 0. The van der Waals surface area contributed by atoms with Gasteiger partial charge in [0.25, 0.3) is 5.88 Å². The van der Waals surface area contributed by atoms with Gasteiger partial charge in [0.1, 0.15) is 5.75 Å². The fourth-order valence-electron chi connectivity index (χ4n) is 1.86. The lowest BCUT2D eigenvalue weighted by Gasteiger charge is -2.09. The highest BCUT2D eigenvalue weighted by molar-refractivity contribution is 5.48. The van der Waals surface area contributed by atoms with E-state index in [1.807, 2.05) is 0 Å². The Kier molecular flexibility index (Phi) is 3.47. The van der Waals surface area contributed by atoms with Gasteiger partial charge in [-0.25, -0.2) is 8.78 Å². The van der Waals surface area contributed by atoms with E-state index in [2.05, 4.69) is 10.3 Å². The number of nitrogens with one attached hydrogen (secondary N) is 1. The van der Waals surface area contributed by atoms with Gasteiger partial charge in [-0.3, -0.25) is 0 Å². The third-order valence-corrected chi connectivity index (χ3v) is 2.80. The Bertz CT molecular complexity index is 680. The Morgan fingerprint density at radius 1 is 1.19 bits per heavy atom. The number of benzene rings is 1. The van der Waals surface area contributed by atoms with Crippen molar-refractivity contribution < 1.29 is 23.0 Å². The number of rotatable bonds is 4. The molecule has 2 aromatic rings. The molecule has 0 aliphatic carbocycles. The third kappa shape index (κ3) is 2.67. The number of aromatic nitrogens is 1. The van der Waals surface area contributed by atoms with E-state index in [0.717, 1.165) is 6.07 Å². The van der Waals surface area contributed by atoms with Crippen LogP contribution in [0.25, 0.3) is 0 Å². The average Bonchev–Trinajstić information content (AvgIpc) is 2.92. The van der Waals surface area contributed by atoms with Crippen LogP contribution in [-0.4, -0.2) is 18.3 Å². The molecule has 0 spiro atoms. The fourth-order valence-corrected chi connectivity index (χ4v) is 1.86. The molecule has 0 unspecified atom stereocenters. The van der Waals surface area contributed by atoms with Crippen LogP contribution in [0, 0.1) is 11.6 Å². The van der Waals surface area contributed by atoms with Crippen LogP contribution in [0.15, 0.2) is 24.3 Å². The Morgan fingerprint density at radius 2 is 2.00 bits per heavy atom. The molecule has 0 saturated heterocycles. The first-order valence-electron chi connectivity index (χ1n) is 6.35. The molecular weight excluding hydrogens is 282 g/mol. The number of nitrogens with zero attached hydrogens (tertiary/aromatic N) is 1. The van der Waals surface area contributed by atoms with Gasteiger partial charge >= 0.3 is 0 Å². The van der Waals surface area contributed by atoms with E-state index in [-0.39, 0.29) is 18.5 Å². The van der Waals surface area contributed by atoms with Crippen molar-refractivity contribution in [2.75, 3.05) is 18.7 Å². The zero-order chi connectivity index (χ0) is 14.8. The molecule has 0 fully saturated rings.